The Hall–Kier alpha value is -2.65. The normalized spacial score (nSPS) is 11.3. The molecule has 2 aromatic rings. The lowest BCUT2D eigenvalue weighted by Crippen LogP contribution is -2.30. The van der Waals surface area contributed by atoms with Gasteiger partial charge >= 0.3 is 0 Å². The van der Waals surface area contributed by atoms with Gasteiger partial charge in [-0.1, -0.05) is 29.2 Å². The molecular formula is C15H16N4O2. The van der Waals surface area contributed by atoms with E-state index >= 15 is 0 Å². The van der Waals surface area contributed by atoms with Gasteiger partial charge in [0.15, 0.2) is 0 Å². The summed E-state index contributed by atoms with van der Waals surface area (Å²) < 4.78 is 1.46. The van der Waals surface area contributed by atoms with Gasteiger partial charge in [-0.25, -0.2) is 4.68 Å². The van der Waals surface area contributed by atoms with E-state index in [1.165, 1.54) is 10.9 Å². The highest BCUT2D eigenvalue weighted by Gasteiger charge is 2.10. The standard InChI is InChI=1S/C15H16N4O2/c1-12(17-15(21)11-19-8-7-16-18-19)14-6-2-4-13(10-14)5-3-9-20/h2,4,6-8,10,12,20H,9,11H2,1H3,(H,17,21). The molecule has 1 amide bonds. The molecule has 6 nitrogen and oxygen atoms in total. The fourth-order valence-electron chi connectivity index (χ4n) is 1.86. The van der Waals surface area contributed by atoms with E-state index in [1.807, 2.05) is 31.2 Å². The minimum atomic E-state index is -0.172. The van der Waals surface area contributed by atoms with E-state index < -0.39 is 0 Å². The van der Waals surface area contributed by atoms with Crippen molar-refractivity contribution in [3.63, 3.8) is 0 Å². The zero-order valence-electron chi connectivity index (χ0n) is 11.7. The summed E-state index contributed by atoms with van der Waals surface area (Å²) in [7, 11) is 0. The largest absolute Gasteiger partial charge is 0.384 e. The molecule has 0 bridgehead atoms. The first kappa shape index (κ1) is 14.8. The molecule has 0 saturated heterocycles. The molecule has 108 valence electrons. The lowest BCUT2D eigenvalue weighted by Gasteiger charge is -2.14. The third-order valence-corrected chi connectivity index (χ3v) is 2.85. The fourth-order valence-corrected chi connectivity index (χ4v) is 1.86. The van der Waals surface area contributed by atoms with E-state index in [4.69, 9.17) is 5.11 Å². The lowest BCUT2D eigenvalue weighted by molar-refractivity contribution is -0.122. The summed E-state index contributed by atoms with van der Waals surface area (Å²) in [5.74, 6) is 5.31. The number of nitrogens with zero attached hydrogens (tertiary/aromatic N) is 3. The molecular weight excluding hydrogens is 268 g/mol. The van der Waals surface area contributed by atoms with Gasteiger partial charge in [-0.15, -0.1) is 5.10 Å². The number of benzene rings is 1. The van der Waals surface area contributed by atoms with Crippen LogP contribution < -0.4 is 5.32 Å². The van der Waals surface area contributed by atoms with Crippen LogP contribution in [-0.2, 0) is 11.3 Å². The van der Waals surface area contributed by atoms with Crippen molar-refractivity contribution in [2.45, 2.75) is 19.5 Å². The van der Waals surface area contributed by atoms with Crippen molar-refractivity contribution < 1.29 is 9.90 Å². The predicted molar refractivity (Wildman–Crippen MR) is 77.0 cm³/mol. The van der Waals surface area contributed by atoms with Gasteiger partial charge in [0.05, 0.1) is 12.2 Å². The van der Waals surface area contributed by atoms with Gasteiger partial charge in [0, 0.05) is 11.8 Å². The molecule has 0 fully saturated rings. The number of carbonyl (C=O) groups is 1. The molecule has 2 rings (SSSR count). The number of nitrogens with one attached hydrogen (secondary N) is 1. The second-order valence-corrected chi connectivity index (χ2v) is 4.48. The quantitative estimate of drug-likeness (QED) is 0.801. The monoisotopic (exact) mass is 284 g/mol. The molecule has 1 unspecified atom stereocenters. The fraction of sp³-hybridized carbons (Fsp3) is 0.267. The first-order chi connectivity index (χ1) is 10.2. The summed E-state index contributed by atoms with van der Waals surface area (Å²) in [5.41, 5.74) is 1.76. The third-order valence-electron chi connectivity index (χ3n) is 2.85. The number of carbonyl (C=O) groups excluding carboxylic acids is 1. The van der Waals surface area contributed by atoms with Crippen molar-refractivity contribution in [1.29, 1.82) is 0 Å². The Bertz CT molecular complexity index is 656. The predicted octanol–water partition coefficient (Wildman–Crippen LogP) is 0.499. The SMILES string of the molecule is CC(NC(=O)Cn1ccnn1)c1cccc(C#CCO)c1. The maximum Gasteiger partial charge on any atom is 0.242 e. The third kappa shape index (κ3) is 4.44. The molecule has 2 N–H and O–H groups in total. The second kappa shape index (κ2) is 7.22. The maximum atomic E-state index is 11.9. The van der Waals surface area contributed by atoms with Crippen molar-refractivity contribution in [3.05, 3.63) is 47.8 Å². The average molecular weight is 284 g/mol. The van der Waals surface area contributed by atoms with Gasteiger partial charge in [-0.3, -0.25) is 4.79 Å². The van der Waals surface area contributed by atoms with Crippen molar-refractivity contribution >= 4 is 5.91 Å². The van der Waals surface area contributed by atoms with Crippen LogP contribution in [0, 0.1) is 11.8 Å². The molecule has 0 aliphatic heterocycles. The highest BCUT2D eigenvalue weighted by molar-refractivity contribution is 5.76. The molecule has 1 atom stereocenters. The molecule has 0 spiro atoms. The number of hydrogen-bond acceptors (Lipinski definition) is 4. The Morgan fingerprint density at radius 1 is 1.52 bits per heavy atom. The van der Waals surface area contributed by atoms with E-state index in [0.717, 1.165) is 11.1 Å². The second-order valence-electron chi connectivity index (χ2n) is 4.48. The topological polar surface area (TPSA) is 80.0 Å². The van der Waals surface area contributed by atoms with Crippen LogP contribution in [0.4, 0.5) is 0 Å². The van der Waals surface area contributed by atoms with Gasteiger partial charge in [0.2, 0.25) is 5.91 Å². The van der Waals surface area contributed by atoms with Crippen LogP contribution in [0.3, 0.4) is 0 Å². The zero-order chi connectivity index (χ0) is 15.1. The molecule has 1 aromatic carbocycles. The molecule has 21 heavy (non-hydrogen) atoms. The molecule has 6 heteroatoms. The van der Waals surface area contributed by atoms with E-state index in [1.54, 1.807) is 6.20 Å². The number of rotatable bonds is 4. The minimum absolute atomic E-state index is 0.133. The lowest BCUT2D eigenvalue weighted by atomic mass is 10.1. The van der Waals surface area contributed by atoms with E-state index in [-0.39, 0.29) is 25.1 Å². The van der Waals surface area contributed by atoms with Crippen molar-refractivity contribution in [2.24, 2.45) is 0 Å². The Balaban J connectivity index is 1.99. The van der Waals surface area contributed by atoms with Crippen LogP contribution in [0.25, 0.3) is 0 Å². The first-order valence-electron chi connectivity index (χ1n) is 6.52. The van der Waals surface area contributed by atoms with E-state index in [9.17, 15) is 4.79 Å². The summed E-state index contributed by atoms with van der Waals surface area (Å²) in [6, 6.07) is 7.40. The summed E-state index contributed by atoms with van der Waals surface area (Å²) in [5, 5.41) is 19.0. The molecule has 1 heterocycles. The maximum absolute atomic E-state index is 11.9. The van der Waals surface area contributed by atoms with Gasteiger partial charge in [-0.2, -0.15) is 0 Å². The highest BCUT2D eigenvalue weighted by Crippen LogP contribution is 2.13. The molecule has 0 radical (unpaired) electrons. The molecule has 0 aliphatic rings. The van der Waals surface area contributed by atoms with Crippen molar-refractivity contribution in [1.82, 2.24) is 20.3 Å². The number of aliphatic hydroxyl groups is 1. The van der Waals surface area contributed by atoms with Crippen molar-refractivity contribution in [3.8, 4) is 11.8 Å². The highest BCUT2D eigenvalue weighted by atomic mass is 16.2. The Labute approximate surface area is 122 Å². The van der Waals surface area contributed by atoms with Gasteiger partial charge < -0.3 is 10.4 Å². The van der Waals surface area contributed by atoms with Crippen molar-refractivity contribution in [2.75, 3.05) is 6.61 Å². The van der Waals surface area contributed by atoms with Crippen LogP contribution in [0.15, 0.2) is 36.7 Å². The molecule has 1 aromatic heterocycles. The summed E-state index contributed by atoms with van der Waals surface area (Å²) in [6.07, 6.45) is 3.16. The Morgan fingerprint density at radius 3 is 3.10 bits per heavy atom. The molecule has 0 aliphatic carbocycles. The van der Waals surface area contributed by atoms with Crippen LogP contribution in [0.1, 0.15) is 24.1 Å². The van der Waals surface area contributed by atoms with Gasteiger partial charge in [0.25, 0.3) is 0 Å². The average Bonchev–Trinajstić information content (AvgIpc) is 2.98. The number of amides is 1. The van der Waals surface area contributed by atoms with Crippen LogP contribution >= 0.6 is 0 Å². The zero-order valence-corrected chi connectivity index (χ0v) is 11.7. The smallest absolute Gasteiger partial charge is 0.242 e. The van der Waals surface area contributed by atoms with Gasteiger partial charge in [0.1, 0.15) is 13.2 Å². The van der Waals surface area contributed by atoms with E-state index in [2.05, 4.69) is 27.5 Å². The van der Waals surface area contributed by atoms with Crippen LogP contribution in [0.2, 0.25) is 0 Å². The van der Waals surface area contributed by atoms with Gasteiger partial charge in [-0.05, 0) is 24.6 Å². The number of aromatic nitrogens is 3. The summed E-state index contributed by atoms with van der Waals surface area (Å²) in [6.45, 7) is 1.86. The molecule has 0 saturated carbocycles. The number of hydrogen-bond donors (Lipinski definition) is 2. The van der Waals surface area contributed by atoms with Crippen LogP contribution in [-0.4, -0.2) is 32.6 Å². The summed E-state index contributed by atoms with van der Waals surface area (Å²) >= 11 is 0. The Morgan fingerprint density at radius 2 is 2.38 bits per heavy atom. The first-order valence-corrected chi connectivity index (χ1v) is 6.52. The minimum Gasteiger partial charge on any atom is -0.384 e. The Kier molecular flexibility index (Phi) is 5.07. The summed E-state index contributed by atoms with van der Waals surface area (Å²) in [4.78, 5) is 11.9. The van der Waals surface area contributed by atoms with Crippen LogP contribution in [0.5, 0.6) is 0 Å². The van der Waals surface area contributed by atoms with E-state index in [0.29, 0.717) is 0 Å². The number of aliphatic hydroxyl groups excluding tert-OH is 1.